The fourth-order valence-corrected chi connectivity index (χ4v) is 2.79. The lowest BCUT2D eigenvalue weighted by Crippen LogP contribution is -2.44. The van der Waals surface area contributed by atoms with Gasteiger partial charge in [0.1, 0.15) is 0 Å². The Morgan fingerprint density at radius 1 is 1.21 bits per heavy atom. The summed E-state index contributed by atoms with van der Waals surface area (Å²) in [5, 5.41) is 12.6. The van der Waals surface area contributed by atoms with Gasteiger partial charge in [-0.3, -0.25) is 0 Å². The quantitative estimate of drug-likeness (QED) is 0.898. The van der Waals surface area contributed by atoms with Crippen molar-refractivity contribution >= 4 is 0 Å². The van der Waals surface area contributed by atoms with Gasteiger partial charge < -0.3 is 10.1 Å². The molecule has 1 aromatic rings. The zero-order valence-corrected chi connectivity index (χ0v) is 11.1. The second kappa shape index (κ2) is 5.73. The molecule has 100 valence electrons. The molecule has 1 aliphatic heterocycles. The van der Waals surface area contributed by atoms with E-state index in [-0.39, 0.29) is 0 Å². The smallest absolute Gasteiger partial charge is 0.0991 e. The summed E-state index contributed by atoms with van der Waals surface area (Å²) < 4.78 is 5.64. The van der Waals surface area contributed by atoms with Crippen molar-refractivity contribution in [3.63, 3.8) is 0 Å². The van der Waals surface area contributed by atoms with Crippen LogP contribution in [0.3, 0.4) is 0 Å². The molecule has 1 aliphatic carbocycles. The van der Waals surface area contributed by atoms with Crippen LogP contribution in [0.4, 0.5) is 0 Å². The van der Waals surface area contributed by atoms with Crippen LogP contribution in [0.25, 0.3) is 0 Å². The minimum absolute atomic E-state index is 0.558. The van der Waals surface area contributed by atoms with Crippen LogP contribution in [0.2, 0.25) is 0 Å². The molecule has 1 N–H and O–H groups in total. The van der Waals surface area contributed by atoms with Crippen molar-refractivity contribution in [3.05, 3.63) is 35.4 Å². The van der Waals surface area contributed by atoms with E-state index in [0.29, 0.717) is 12.0 Å². The highest BCUT2D eigenvalue weighted by Gasteiger charge is 2.31. The number of hydrogen-bond acceptors (Lipinski definition) is 3. The minimum Gasteiger partial charge on any atom is -0.381 e. The molecule has 2 fully saturated rings. The summed E-state index contributed by atoms with van der Waals surface area (Å²) in [4.78, 5) is 0. The SMILES string of the molecule is N#Cc1ccc(C[C@@H]2COCC[C@@H]2NC2CC2)cc1. The summed E-state index contributed by atoms with van der Waals surface area (Å²) in [6, 6.07) is 11.5. The lowest BCUT2D eigenvalue weighted by molar-refractivity contribution is 0.0316. The van der Waals surface area contributed by atoms with Crippen molar-refractivity contribution in [2.24, 2.45) is 5.92 Å². The number of nitrogens with one attached hydrogen (secondary N) is 1. The summed E-state index contributed by atoms with van der Waals surface area (Å²) in [5.41, 5.74) is 2.04. The van der Waals surface area contributed by atoms with Gasteiger partial charge in [0.2, 0.25) is 0 Å². The fourth-order valence-electron chi connectivity index (χ4n) is 2.79. The fraction of sp³-hybridized carbons (Fsp3) is 0.562. The summed E-state index contributed by atoms with van der Waals surface area (Å²) in [6.45, 7) is 1.73. The minimum atomic E-state index is 0.558. The molecule has 0 bridgehead atoms. The van der Waals surface area contributed by atoms with Gasteiger partial charge in [-0.25, -0.2) is 0 Å². The van der Waals surface area contributed by atoms with Gasteiger partial charge in [-0.15, -0.1) is 0 Å². The Hall–Kier alpha value is -1.37. The summed E-state index contributed by atoms with van der Waals surface area (Å²) in [5.74, 6) is 0.558. The summed E-state index contributed by atoms with van der Waals surface area (Å²) in [6.07, 6.45) is 4.83. The van der Waals surface area contributed by atoms with Crippen LogP contribution in [-0.2, 0) is 11.2 Å². The zero-order chi connectivity index (χ0) is 13.1. The molecule has 1 aromatic carbocycles. The highest BCUT2D eigenvalue weighted by Crippen LogP contribution is 2.26. The van der Waals surface area contributed by atoms with Crippen LogP contribution in [-0.4, -0.2) is 25.3 Å². The first-order valence-electron chi connectivity index (χ1n) is 7.18. The number of nitriles is 1. The van der Waals surface area contributed by atoms with Crippen molar-refractivity contribution in [1.82, 2.24) is 5.32 Å². The molecule has 19 heavy (non-hydrogen) atoms. The average Bonchev–Trinajstić information content (AvgIpc) is 3.26. The Kier molecular flexibility index (Phi) is 3.82. The van der Waals surface area contributed by atoms with Crippen molar-refractivity contribution in [3.8, 4) is 6.07 Å². The third kappa shape index (κ3) is 3.34. The third-order valence-electron chi connectivity index (χ3n) is 4.08. The van der Waals surface area contributed by atoms with E-state index in [4.69, 9.17) is 10.00 Å². The van der Waals surface area contributed by atoms with Crippen molar-refractivity contribution < 1.29 is 4.74 Å². The van der Waals surface area contributed by atoms with Crippen LogP contribution in [0.5, 0.6) is 0 Å². The normalized spacial score (nSPS) is 26.9. The van der Waals surface area contributed by atoms with E-state index in [1.165, 1.54) is 18.4 Å². The van der Waals surface area contributed by atoms with E-state index < -0.39 is 0 Å². The van der Waals surface area contributed by atoms with Gasteiger partial charge in [0.25, 0.3) is 0 Å². The maximum Gasteiger partial charge on any atom is 0.0991 e. The third-order valence-corrected chi connectivity index (χ3v) is 4.08. The molecule has 0 aromatic heterocycles. The Morgan fingerprint density at radius 2 is 2.00 bits per heavy atom. The maximum atomic E-state index is 8.82. The molecular weight excluding hydrogens is 236 g/mol. The molecule has 3 heteroatoms. The average molecular weight is 256 g/mol. The van der Waals surface area contributed by atoms with Crippen LogP contribution >= 0.6 is 0 Å². The first-order valence-corrected chi connectivity index (χ1v) is 7.18. The molecule has 1 saturated heterocycles. The van der Waals surface area contributed by atoms with Gasteiger partial charge in [0.15, 0.2) is 0 Å². The highest BCUT2D eigenvalue weighted by molar-refractivity contribution is 5.31. The topological polar surface area (TPSA) is 45.0 Å². The number of hydrogen-bond donors (Lipinski definition) is 1. The maximum absolute atomic E-state index is 8.82. The van der Waals surface area contributed by atoms with Gasteiger partial charge in [0.05, 0.1) is 18.2 Å². The predicted molar refractivity (Wildman–Crippen MR) is 73.7 cm³/mol. The Labute approximate surface area is 114 Å². The van der Waals surface area contributed by atoms with E-state index >= 15 is 0 Å². The molecule has 2 atom stereocenters. The second-order valence-electron chi connectivity index (χ2n) is 5.68. The van der Waals surface area contributed by atoms with E-state index in [2.05, 4.69) is 23.5 Å². The Balaban J connectivity index is 1.63. The molecule has 1 saturated carbocycles. The molecule has 0 amide bonds. The molecule has 0 spiro atoms. The van der Waals surface area contributed by atoms with E-state index in [9.17, 15) is 0 Å². The zero-order valence-electron chi connectivity index (χ0n) is 11.1. The van der Waals surface area contributed by atoms with Gasteiger partial charge in [-0.05, 0) is 43.4 Å². The summed E-state index contributed by atoms with van der Waals surface area (Å²) in [7, 11) is 0. The first kappa shape index (κ1) is 12.7. The molecule has 1 heterocycles. The molecule has 0 unspecified atom stereocenters. The molecule has 2 aliphatic rings. The lowest BCUT2D eigenvalue weighted by Gasteiger charge is -2.32. The Bertz CT molecular complexity index is 459. The van der Waals surface area contributed by atoms with Crippen LogP contribution in [0.15, 0.2) is 24.3 Å². The molecule has 3 nitrogen and oxygen atoms in total. The molecular formula is C16H20N2O. The van der Waals surface area contributed by atoms with Gasteiger partial charge in [-0.1, -0.05) is 12.1 Å². The van der Waals surface area contributed by atoms with Gasteiger partial charge in [-0.2, -0.15) is 5.26 Å². The van der Waals surface area contributed by atoms with E-state index in [1.54, 1.807) is 0 Å². The van der Waals surface area contributed by atoms with Crippen molar-refractivity contribution in [1.29, 1.82) is 5.26 Å². The largest absolute Gasteiger partial charge is 0.381 e. The van der Waals surface area contributed by atoms with Crippen molar-refractivity contribution in [2.45, 2.75) is 37.8 Å². The number of nitrogens with zero attached hydrogens (tertiary/aromatic N) is 1. The van der Waals surface area contributed by atoms with Crippen LogP contribution in [0.1, 0.15) is 30.4 Å². The standard InChI is InChI=1S/C16H20N2O/c17-10-13-3-1-12(2-4-13)9-14-11-19-8-7-16(14)18-15-5-6-15/h1-4,14-16,18H,5-9,11H2/t14-,16+/m1/s1. The van der Waals surface area contributed by atoms with Gasteiger partial charge >= 0.3 is 0 Å². The van der Waals surface area contributed by atoms with Crippen molar-refractivity contribution in [2.75, 3.05) is 13.2 Å². The van der Waals surface area contributed by atoms with E-state index in [0.717, 1.165) is 37.7 Å². The van der Waals surface area contributed by atoms with Gasteiger partial charge in [0, 0.05) is 24.6 Å². The number of benzene rings is 1. The highest BCUT2D eigenvalue weighted by atomic mass is 16.5. The summed E-state index contributed by atoms with van der Waals surface area (Å²) >= 11 is 0. The lowest BCUT2D eigenvalue weighted by atomic mass is 9.89. The monoisotopic (exact) mass is 256 g/mol. The second-order valence-corrected chi connectivity index (χ2v) is 5.68. The van der Waals surface area contributed by atoms with E-state index in [1.807, 2.05) is 12.1 Å². The van der Waals surface area contributed by atoms with Crippen LogP contribution < -0.4 is 5.32 Å². The molecule has 0 radical (unpaired) electrons. The number of rotatable bonds is 4. The predicted octanol–water partition coefficient (Wildman–Crippen LogP) is 2.26. The number of ether oxygens (including phenoxy) is 1. The first-order chi connectivity index (χ1) is 9.35. The van der Waals surface area contributed by atoms with Crippen LogP contribution in [0, 0.1) is 17.2 Å². The Morgan fingerprint density at radius 3 is 2.68 bits per heavy atom. The molecule has 3 rings (SSSR count).